The van der Waals surface area contributed by atoms with E-state index in [0.29, 0.717) is 0 Å². The average Bonchev–Trinajstić information content (AvgIpc) is 2.84. The molecule has 0 radical (unpaired) electrons. The lowest BCUT2D eigenvalue weighted by Crippen LogP contribution is -2.08. The Morgan fingerprint density at radius 1 is 1.28 bits per heavy atom. The molecular formula is C10H6ClF2NO3S. The molecule has 0 saturated carbocycles. The Bertz CT molecular complexity index is 671. The zero-order valence-electron chi connectivity index (χ0n) is 8.73. The molecular weight excluding hydrogens is 288 g/mol. The zero-order valence-corrected chi connectivity index (χ0v) is 10.3. The van der Waals surface area contributed by atoms with Gasteiger partial charge in [0.15, 0.2) is 0 Å². The Morgan fingerprint density at radius 3 is 2.56 bits per heavy atom. The highest BCUT2D eigenvalue weighted by Crippen LogP contribution is 2.26. The summed E-state index contributed by atoms with van der Waals surface area (Å²) in [5.41, 5.74) is -0.449. The number of nitrogens with zero attached hydrogens (tertiary/aromatic N) is 1. The fraction of sp³-hybridized carbons (Fsp3) is 0.100. The third kappa shape index (κ3) is 2.37. The summed E-state index contributed by atoms with van der Waals surface area (Å²) in [6.45, 7) is 0. The van der Waals surface area contributed by atoms with E-state index in [2.05, 4.69) is 9.40 Å². The minimum atomic E-state index is -4.00. The fourth-order valence-electron chi connectivity index (χ4n) is 1.32. The number of halogens is 3. The van der Waals surface area contributed by atoms with Crippen molar-refractivity contribution in [2.45, 2.75) is 11.0 Å². The van der Waals surface area contributed by atoms with Gasteiger partial charge in [0.1, 0.15) is 17.9 Å². The normalized spacial score (nSPS) is 11.7. The highest BCUT2D eigenvalue weighted by atomic mass is 35.5. The van der Waals surface area contributed by atoms with E-state index in [1.807, 2.05) is 0 Å². The molecule has 1 heterocycles. The fourth-order valence-corrected chi connectivity index (χ4v) is 2.83. The van der Waals surface area contributed by atoms with Gasteiger partial charge in [-0.2, -0.15) is 0 Å². The number of oxazole rings is 1. The number of hydrogen-bond acceptors (Lipinski definition) is 4. The Morgan fingerprint density at radius 2 is 1.94 bits per heavy atom. The number of rotatable bonds is 3. The van der Waals surface area contributed by atoms with Gasteiger partial charge in [0.25, 0.3) is 0 Å². The first-order chi connectivity index (χ1) is 8.42. The molecule has 0 amide bonds. The van der Waals surface area contributed by atoms with Crippen LogP contribution >= 0.6 is 11.6 Å². The smallest absolute Gasteiger partial charge is 0.315 e. The van der Waals surface area contributed by atoms with Crippen molar-refractivity contribution in [2.75, 3.05) is 0 Å². The molecule has 0 aliphatic carbocycles. The third-order valence-corrected chi connectivity index (χ3v) is 3.96. The summed E-state index contributed by atoms with van der Waals surface area (Å²) in [6.07, 6.45) is 2.20. The van der Waals surface area contributed by atoms with Crippen LogP contribution in [0.1, 0.15) is 5.56 Å². The number of benzene rings is 1. The Kier molecular flexibility index (Phi) is 3.36. The predicted octanol–water partition coefficient (Wildman–Crippen LogP) is 2.58. The van der Waals surface area contributed by atoms with Crippen molar-refractivity contribution in [3.05, 3.63) is 46.8 Å². The summed E-state index contributed by atoms with van der Waals surface area (Å²) in [7, 11) is -4.00. The molecule has 0 unspecified atom stereocenters. The van der Waals surface area contributed by atoms with Crippen molar-refractivity contribution in [1.29, 1.82) is 0 Å². The monoisotopic (exact) mass is 293 g/mol. The molecule has 2 aromatic rings. The van der Waals surface area contributed by atoms with Gasteiger partial charge < -0.3 is 4.42 Å². The molecule has 4 nitrogen and oxygen atoms in total. The highest BCUT2D eigenvalue weighted by molar-refractivity contribution is 7.90. The first-order valence-corrected chi connectivity index (χ1v) is 6.69. The van der Waals surface area contributed by atoms with Gasteiger partial charge in [0.05, 0.1) is 17.0 Å². The van der Waals surface area contributed by atoms with Gasteiger partial charge in [-0.05, 0) is 12.1 Å². The third-order valence-electron chi connectivity index (χ3n) is 2.15. The van der Waals surface area contributed by atoms with E-state index in [0.717, 1.165) is 24.6 Å². The molecule has 1 aromatic heterocycles. The second kappa shape index (κ2) is 4.66. The van der Waals surface area contributed by atoms with Crippen molar-refractivity contribution < 1.29 is 21.6 Å². The van der Waals surface area contributed by atoms with E-state index in [1.54, 1.807) is 0 Å². The van der Waals surface area contributed by atoms with Crippen molar-refractivity contribution in [3.63, 3.8) is 0 Å². The summed E-state index contributed by atoms with van der Waals surface area (Å²) in [6, 6.07) is 1.63. The Labute approximate surface area is 106 Å². The second-order valence-electron chi connectivity index (χ2n) is 3.38. The van der Waals surface area contributed by atoms with Gasteiger partial charge in [0.2, 0.25) is 9.84 Å². The number of sulfone groups is 1. The highest BCUT2D eigenvalue weighted by Gasteiger charge is 2.24. The van der Waals surface area contributed by atoms with E-state index in [-0.39, 0.29) is 0 Å². The van der Waals surface area contributed by atoms with Crippen molar-refractivity contribution in [2.24, 2.45) is 0 Å². The van der Waals surface area contributed by atoms with Crippen molar-refractivity contribution >= 4 is 21.4 Å². The van der Waals surface area contributed by atoms with Gasteiger partial charge in [-0.15, -0.1) is 0 Å². The summed E-state index contributed by atoms with van der Waals surface area (Å²) in [4.78, 5) is 3.45. The molecule has 96 valence electrons. The molecule has 1 aromatic carbocycles. The maximum atomic E-state index is 13.4. The van der Waals surface area contributed by atoms with Gasteiger partial charge in [-0.1, -0.05) is 11.6 Å². The summed E-state index contributed by atoms with van der Waals surface area (Å²) >= 11 is 5.54. The molecule has 0 aliphatic heterocycles. The van der Waals surface area contributed by atoms with Crippen LogP contribution in [0.25, 0.3) is 0 Å². The Balaban J connectivity index is 2.45. The standard InChI is InChI=1S/C10H6ClF2NO3S/c11-9-6(7(12)1-2-8(9)13)5-18(15,16)10-14-3-4-17-10/h1-4H,5H2. The molecule has 2 rings (SSSR count). The lowest BCUT2D eigenvalue weighted by molar-refractivity contribution is 0.429. The van der Waals surface area contributed by atoms with Crippen LogP contribution in [0.5, 0.6) is 0 Å². The molecule has 0 saturated heterocycles. The van der Waals surface area contributed by atoms with Crippen molar-refractivity contribution in [1.82, 2.24) is 4.98 Å². The summed E-state index contributed by atoms with van der Waals surface area (Å²) in [5.74, 6) is -2.62. The summed E-state index contributed by atoms with van der Waals surface area (Å²) in [5, 5.41) is -1.13. The molecule has 0 N–H and O–H groups in total. The van der Waals surface area contributed by atoms with Crippen LogP contribution in [0.3, 0.4) is 0 Å². The maximum Gasteiger partial charge on any atom is 0.315 e. The van der Waals surface area contributed by atoms with Crippen LogP contribution in [0, 0.1) is 11.6 Å². The molecule has 18 heavy (non-hydrogen) atoms. The quantitative estimate of drug-likeness (QED) is 0.816. The van der Waals surface area contributed by atoms with Gasteiger partial charge in [-0.25, -0.2) is 22.2 Å². The second-order valence-corrected chi connectivity index (χ2v) is 5.62. The molecule has 8 heteroatoms. The van der Waals surface area contributed by atoms with E-state index < -0.39 is 43.0 Å². The molecule has 0 aliphatic rings. The van der Waals surface area contributed by atoms with E-state index in [9.17, 15) is 17.2 Å². The minimum Gasteiger partial charge on any atom is -0.437 e. The first kappa shape index (κ1) is 13.0. The first-order valence-electron chi connectivity index (χ1n) is 4.66. The van der Waals surface area contributed by atoms with Crippen LogP contribution < -0.4 is 0 Å². The van der Waals surface area contributed by atoms with Gasteiger partial charge in [-0.3, -0.25) is 0 Å². The SMILES string of the molecule is O=S(=O)(Cc1c(F)ccc(F)c1Cl)c1ncco1. The van der Waals surface area contributed by atoms with Gasteiger partial charge >= 0.3 is 5.22 Å². The lowest BCUT2D eigenvalue weighted by Gasteiger charge is -2.05. The summed E-state index contributed by atoms with van der Waals surface area (Å²) < 4.78 is 54.8. The van der Waals surface area contributed by atoms with Crippen LogP contribution in [0.15, 0.2) is 34.2 Å². The Hall–Kier alpha value is -1.47. The number of aromatic nitrogens is 1. The van der Waals surface area contributed by atoms with Crippen molar-refractivity contribution in [3.8, 4) is 0 Å². The zero-order chi connectivity index (χ0) is 13.3. The molecule has 0 spiro atoms. The lowest BCUT2D eigenvalue weighted by atomic mass is 10.2. The maximum absolute atomic E-state index is 13.4. The minimum absolute atomic E-state index is 0.449. The molecule has 0 bridgehead atoms. The van der Waals surface area contributed by atoms with E-state index in [4.69, 9.17) is 11.6 Å². The van der Waals surface area contributed by atoms with E-state index >= 15 is 0 Å². The molecule has 0 fully saturated rings. The van der Waals surface area contributed by atoms with Crippen LogP contribution in [0.2, 0.25) is 5.02 Å². The largest absolute Gasteiger partial charge is 0.437 e. The number of hydrogen-bond donors (Lipinski definition) is 0. The van der Waals surface area contributed by atoms with E-state index in [1.165, 1.54) is 0 Å². The average molecular weight is 294 g/mol. The van der Waals surface area contributed by atoms with Crippen LogP contribution in [-0.2, 0) is 15.6 Å². The van der Waals surface area contributed by atoms with Crippen LogP contribution in [-0.4, -0.2) is 13.4 Å². The van der Waals surface area contributed by atoms with Gasteiger partial charge in [0, 0.05) is 5.56 Å². The topological polar surface area (TPSA) is 60.2 Å². The van der Waals surface area contributed by atoms with Crippen LogP contribution in [0.4, 0.5) is 8.78 Å². The predicted molar refractivity (Wildman–Crippen MR) is 58.8 cm³/mol. The molecule has 0 atom stereocenters.